The van der Waals surface area contributed by atoms with E-state index in [2.05, 4.69) is 0 Å². The summed E-state index contributed by atoms with van der Waals surface area (Å²) in [6.45, 7) is 7.94. The normalized spacial score (nSPS) is 19.2. The molecule has 26 heavy (non-hydrogen) atoms. The van der Waals surface area contributed by atoms with Crippen LogP contribution in [0, 0.1) is 13.8 Å². The topological polar surface area (TPSA) is 40.6 Å². The number of para-hydroxylation sites is 1. The number of hydrogen-bond donors (Lipinski definition) is 0. The van der Waals surface area contributed by atoms with E-state index in [1.54, 1.807) is 4.90 Å². The van der Waals surface area contributed by atoms with E-state index in [-0.39, 0.29) is 11.8 Å². The van der Waals surface area contributed by atoms with Crippen molar-refractivity contribution in [2.45, 2.75) is 40.2 Å². The molecule has 2 aromatic rings. The molecule has 0 N–H and O–H groups in total. The highest BCUT2D eigenvalue weighted by Gasteiger charge is 2.47. The molecule has 2 amide bonds. The first kappa shape index (κ1) is 16.6. The van der Waals surface area contributed by atoms with Crippen LogP contribution in [0.1, 0.15) is 47.3 Å². The third-order valence-electron chi connectivity index (χ3n) is 5.42. The molecule has 0 radical (unpaired) electrons. The van der Waals surface area contributed by atoms with Gasteiger partial charge in [0.05, 0.1) is 11.4 Å². The maximum Gasteiger partial charge on any atom is 0.259 e. The summed E-state index contributed by atoms with van der Waals surface area (Å²) < 4.78 is 0. The lowest BCUT2D eigenvalue weighted by molar-refractivity contribution is -0.122. The highest BCUT2D eigenvalue weighted by molar-refractivity contribution is 6.17. The van der Waals surface area contributed by atoms with Gasteiger partial charge in [0.2, 0.25) is 0 Å². The van der Waals surface area contributed by atoms with Gasteiger partial charge in [-0.15, -0.1) is 0 Å². The van der Waals surface area contributed by atoms with E-state index in [9.17, 15) is 9.59 Å². The van der Waals surface area contributed by atoms with Gasteiger partial charge in [-0.3, -0.25) is 19.4 Å². The molecule has 1 atom stereocenters. The zero-order valence-electron chi connectivity index (χ0n) is 15.5. The molecule has 2 aromatic carbocycles. The fourth-order valence-corrected chi connectivity index (χ4v) is 4.23. The zero-order valence-corrected chi connectivity index (χ0v) is 15.5. The predicted molar refractivity (Wildman–Crippen MR) is 103 cm³/mol. The van der Waals surface area contributed by atoms with Crippen LogP contribution in [0.2, 0.25) is 0 Å². The van der Waals surface area contributed by atoms with Gasteiger partial charge in [-0.05, 0) is 44.4 Å². The van der Waals surface area contributed by atoms with Gasteiger partial charge in [0.1, 0.15) is 6.04 Å². The number of allylic oxidation sites excluding steroid dienone is 1. The molecule has 0 saturated heterocycles. The van der Waals surface area contributed by atoms with Gasteiger partial charge in [-0.25, -0.2) is 0 Å². The first-order valence-corrected chi connectivity index (χ1v) is 9.01. The van der Waals surface area contributed by atoms with Crippen molar-refractivity contribution in [3.05, 3.63) is 70.4 Å². The van der Waals surface area contributed by atoms with Crippen molar-refractivity contribution in [2.75, 3.05) is 4.90 Å². The van der Waals surface area contributed by atoms with Crippen molar-refractivity contribution in [1.29, 1.82) is 0 Å². The molecule has 2 heterocycles. The van der Waals surface area contributed by atoms with Gasteiger partial charge >= 0.3 is 0 Å². The van der Waals surface area contributed by atoms with Crippen molar-refractivity contribution in [1.82, 2.24) is 4.90 Å². The maximum atomic E-state index is 13.4. The summed E-state index contributed by atoms with van der Waals surface area (Å²) in [4.78, 5) is 29.9. The Balaban J connectivity index is 2.02. The minimum absolute atomic E-state index is 0.0349. The number of carbonyl (C=O) groups is 2. The Morgan fingerprint density at radius 3 is 2.12 bits per heavy atom. The minimum Gasteiger partial charge on any atom is -0.293 e. The van der Waals surface area contributed by atoms with Crippen molar-refractivity contribution in [3.8, 4) is 0 Å². The molecule has 0 saturated carbocycles. The third-order valence-corrected chi connectivity index (χ3v) is 5.42. The van der Waals surface area contributed by atoms with Crippen LogP contribution in [0.25, 0.3) is 5.70 Å². The van der Waals surface area contributed by atoms with Gasteiger partial charge in [0.15, 0.2) is 0 Å². The van der Waals surface area contributed by atoms with Crippen LogP contribution in [0.3, 0.4) is 0 Å². The molecule has 2 aliphatic rings. The summed E-state index contributed by atoms with van der Waals surface area (Å²) in [5, 5.41) is 0. The molecule has 4 nitrogen and oxygen atoms in total. The summed E-state index contributed by atoms with van der Waals surface area (Å²) in [7, 11) is 0. The second-order valence-electron chi connectivity index (χ2n) is 6.99. The molecular formula is C22H22N2O2. The standard InChI is InChI=1S/C22H22N2O2/c1-5-18-22(26)23(19-13(2)9-8-10-14(19)3)15(4)20-16-11-6-7-12-17(16)21(25)24(18)20/h6-12,18H,5H2,1-4H3. The summed E-state index contributed by atoms with van der Waals surface area (Å²) in [5.74, 6) is -0.108. The Hall–Kier alpha value is -2.88. The van der Waals surface area contributed by atoms with Gasteiger partial charge in [-0.2, -0.15) is 0 Å². The second kappa shape index (κ2) is 5.84. The first-order chi connectivity index (χ1) is 12.5. The lowest BCUT2D eigenvalue weighted by atomic mass is 9.99. The van der Waals surface area contributed by atoms with Crippen LogP contribution in [-0.2, 0) is 4.79 Å². The van der Waals surface area contributed by atoms with Gasteiger partial charge in [0, 0.05) is 16.8 Å². The highest BCUT2D eigenvalue weighted by Crippen LogP contribution is 2.43. The molecule has 2 aliphatic heterocycles. The van der Waals surface area contributed by atoms with E-state index in [1.165, 1.54) is 0 Å². The number of nitrogens with zero attached hydrogens (tertiary/aromatic N) is 2. The van der Waals surface area contributed by atoms with E-state index < -0.39 is 6.04 Å². The van der Waals surface area contributed by atoms with E-state index in [0.717, 1.165) is 33.8 Å². The fraction of sp³-hybridized carbons (Fsp3) is 0.273. The third kappa shape index (κ3) is 2.08. The molecular weight excluding hydrogens is 324 g/mol. The molecule has 0 aromatic heterocycles. The molecule has 0 spiro atoms. The predicted octanol–water partition coefficient (Wildman–Crippen LogP) is 4.27. The number of rotatable bonds is 2. The van der Waals surface area contributed by atoms with Crippen molar-refractivity contribution in [3.63, 3.8) is 0 Å². The first-order valence-electron chi connectivity index (χ1n) is 9.01. The lowest BCUT2D eigenvalue weighted by Crippen LogP contribution is -2.52. The number of carbonyl (C=O) groups excluding carboxylic acids is 2. The van der Waals surface area contributed by atoms with Gasteiger partial charge < -0.3 is 0 Å². The summed E-state index contributed by atoms with van der Waals surface area (Å²) in [6, 6.07) is 13.2. The smallest absolute Gasteiger partial charge is 0.259 e. The number of fused-ring (bicyclic) bond motifs is 3. The van der Waals surface area contributed by atoms with Crippen LogP contribution in [0.15, 0.2) is 48.2 Å². The molecule has 0 aliphatic carbocycles. The Kier molecular flexibility index (Phi) is 3.72. The number of amides is 2. The Morgan fingerprint density at radius 2 is 1.50 bits per heavy atom. The maximum absolute atomic E-state index is 13.4. The molecule has 1 unspecified atom stereocenters. The summed E-state index contributed by atoms with van der Waals surface area (Å²) in [5.41, 5.74) is 6.31. The van der Waals surface area contributed by atoms with E-state index >= 15 is 0 Å². The monoisotopic (exact) mass is 346 g/mol. The van der Waals surface area contributed by atoms with Gasteiger partial charge in [0.25, 0.3) is 11.8 Å². The van der Waals surface area contributed by atoms with Gasteiger partial charge in [-0.1, -0.05) is 43.3 Å². The Bertz CT molecular complexity index is 954. The number of hydrogen-bond acceptors (Lipinski definition) is 2. The fourth-order valence-electron chi connectivity index (χ4n) is 4.23. The average molecular weight is 346 g/mol. The van der Waals surface area contributed by atoms with Crippen molar-refractivity contribution < 1.29 is 9.59 Å². The lowest BCUT2D eigenvalue weighted by Gasteiger charge is -2.40. The Labute approximate surface area is 153 Å². The molecule has 4 heteroatoms. The van der Waals surface area contributed by atoms with Crippen LogP contribution in [-0.4, -0.2) is 22.8 Å². The number of aryl methyl sites for hydroxylation is 2. The summed E-state index contributed by atoms with van der Waals surface area (Å²) in [6.07, 6.45) is 0.580. The van der Waals surface area contributed by atoms with Crippen molar-refractivity contribution in [2.24, 2.45) is 0 Å². The van der Waals surface area contributed by atoms with Crippen LogP contribution >= 0.6 is 0 Å². The van der Waals surface area contributed by atoms with E-state index in [0.29, 0.717) is 12.0 Å². The van der Waals surface area contributed by atoms with Crippen LogP contribution in [0.4, 0.5) is 5.69 Å². The molecule has 132 valence electrons. The van der Waals surface area contributed by atoms with E-state index in [4.69, 9.17) is 0 Å². The summed E-state index contributed by atoms with van der Waals surface area (Å²) >= 11 is 0. The van der Waals surface area contributed by atoms with Crippen LogP contribution < -0.4 is 4.90 Å². The zero-order chi connectivity index (χ0) is 18.6. The van der Waals surface area contributed by atoms with Crippen LogP contribution in [0.5, 0.6) is 0 Å². The minimum atomic E-state index is -0.479. The molecule has 0 fully saturated rings. The Morgan fingerprint density at radius 1 is 0.885 bits per heavy atom. The second-order valence-corrected chi connectivity index (χ2v) is 6.99. The molecule has 0 bridgehead atoms. The highest BCUT2D eigenvalue weighted by atomic mass is 16.2. The number of benzene rings is 2. The average Bonchev–Trinajstić information content (AvgIpc) is 2.91. The quantitative estimate of drug-likeness (QED) is 0.815. The van der Waals surface area contributed by atoms with Crippen molar-refractivity contribution >= 4 is 23.2 Å². The van der Waals surface area contributed by atoms with E-state index in [1.807, 2.05) is 75.1 Å². The number of anilines is 1. The largest absolute Gasteiger partial charge is 0.293 e. The molecule has 4 rings (SSSR count). The SMILES string of the molecule is CCC1C(=O)N(c2c(C)cccc2C)C(C)=C2c3ccccc3C(=O)N21.